The van der Waals surface area contributed by atoms with E-state index in [0.717, 1.165) is 44.3 Å². The number of rotatable bonds is 5. The van der Waals surface area contributed by atoms with Crippen LogP contribution in [0.4, 0.5) is 5.69 Å². The van der Waals surface area contributed by atoms with Crippen molar-refractivity contribution in [3.05, 3.63) is 140 Å². The maximum Gasteiger partial charge on any atom is 0.135 e. The zero-order valence-corrected chi connectivity index (χ0v) is 27.1. The second kappa shape index (κ2) is 11.5. The number of hydrogen-bond donors (Lipinski definition) is 0. The van der Waals surface area contributed by atoms with Gasteiger partial charge in [-0.3, -0.25) is 0 Å². The fourth-order valence-electron chi connectivity index (χ4n) is 6.04. The molecule has 7 heteroatoms. The van der Waals surface area contributed by atoms with Gasteiger partial charge in [-0.1, -0.05) is 68.1 Å². The number of anilines is 1. The molecule has 0 atom stereocenters. The van der Waals surface area contributed by atoms with Crippen molar-refractivity contribution >= 4 is 38.5 Å². The van der Waals surface area contributed by atoms with Crippen LogP contribution in [0.25, 0.3) is 44.3 Å². The molecule has 232 valence electrons. The summed E-state index contributed by atoms with van der Waals surface area (Å²) in [5.74, 6) is 1.80. The smallest absolute Gasteiger partial charge is 0.135 e. The first kappa shape index (κ1) is 26.4. The van der Waals surface area contributed by atoms with Gasteiger partial charge in [0, 0.05) is 58.8 Å². The Kier molecular flexibility index (Phi) is 6.61. The van der Waals surface area contributed by atoms with E-state index in [-0.39, 0.29) is 25.8 Å². The van der Waals surface area contributed by atoms with Crippen LogP contribution < -0.4 is 9.64 Å². The molecule has 0 fully saturated rings. The molecule has 4 heterocycles. The molecular formula is C39H32N5OPd-3. The summed E-state index contributed by atoms with van der Waals surface area (Å²) in [5, 5.41) is 2.12. The molecule has 3 aromatic heterocycles. The molecule has 0 saturated heterocycles. The van der Waals surface area contributed by atoms with Gasteiger partial charge in [-0.25, -0.2) is 4.98 Å². The van der Waals surface area contributed by atoms with Crippen molar-refractivity contribution in [2.24, 2.45) is 0 Å². The van der Waals surface area contributed by atoms with Gasteiger partial charge in [0.1, 0.15) is 5.82 Å². The monoisotopic (exact) mass is 695 g/mol. The molecule has 46 heavy (non-hydrogen) atoms. The van der Waals surface area contributed by atoms with Crippen molar-refractivity contribution in [2.75, 3.05) is 11.9 Å². The van der Waals surface area contributed by atoms with E-state index in [4.69, 9.17) is 13.8 Å². The first-order valence-electron chi connectivity index (χ1n) is 16.4. The Morgan fingerprint density at radius 1 is 0.783 bits per heavy atom. The third kappa shape index (κ3) is 5.06. The number of pyridine rings is 1. The van der Waals surface area contributed by atoms with Crippen LogP contribution in [-0.4, -0.2) is 26.0 Å². The summed E-state index contributed by atoms with van der Waals surface area (Å²) in [6.07, 6.45) is 5.08. The molecule has 7 aromatic rings. The van der Waals surface area contributed by atoms with E-state index in [0.29, 0.717) is 17.2 Å². The van der Waals surface area contributed by atoms with Crippen molar-refractivity contribution < 1.29 is 29.3 Å². The minimum atomic E-state index is -2.27. The van der Waals surface area contributed by atoms with Crippen LogP contribution in [0.5, 0.6) is 11.5 Å². The van der Waals surface area contributed by atoms with E-state index in [1.807, 2.05) is 36.5 Å². The van der Waals surface area contributed by atoms with Gasteiger partial charge < -0.3 is 23.7 Å². The fourth-order valence-corrected chi connectivity index (χ4v) is 6.04. The number of nitrogens with zero attached hydrogens (tertiary/aromatic N) is 5. The molecule has 6 nitrogen and oxygen atoms in total. The number of hydrogen-bond acceptors (Lipinski definition) is 4. The van der Waals surface area contributed by atoms with Gasteiger partial charge in [-0.05, 0) is 60.7 Å². The van der Waals surface area contributed by atoms with E-state index in [2.05, 4.69) is 109 Å². The minimum Gasteiger partial charge on any atom is -0.510 e. The second-order valence-electron chi connectivity index (χ2n) is 12.2. The number of para-hydroxylation sites is 2. The van der Waals surface area contributed by atoms with Crippen LogP contribution in [0.3, 0.4) is 0 Å². The van der Waals surface area contributed by atoms with E-state index in [1.54, 1.807) is 11.1 Å². The predicted octanol–water partition coefficient (Wildman–Crippen LogP) is 9.15. The second-order valence-corrected chi connectivity index (χ2v) is 12.2. The minimum absolute atomic E-state index is 0. The van der Waals surface area contributed by atoms with E-state index < -0.39 is 6.98 Å². The van der Waals surface area contributed by atoms with Crippen molar-refractivity contribution in [3.8, 4) is 23.0 Å². The molecule has 0 amide bonds. The Bertz CT molecular complexity index is 2350. The van der Waals surface area contributed by atoms with E-state index in [9.17, 15) is 0 Å². The van der Waals surface area contributed by atoms with Crippen LogP contribution in [0, 0.1) is 18.8 Å². The quantitative estimate of drug-likeness (QED) is 0.133. The van der Waals surface area contributed by atoms with Gasteiger partial charge in [0.15, 0.2) is 0 Å². The normalized spacial score (nSPS) is 14.5. The van der Waals surface area contributed by atoms with Crippen LogP contribution >= 0.6 is 0 Å². The largest absolute Gasteiger partial charge is 0.510 e. The summed E-state index contributed by atoms with van der Waals surface area (Å²) in [4.78, 5) is 7.79. The van der Waals surface area contributed by atoms with Crippen LogP contribution in [0.2, 0.25) is 0 Å². The number of benzene rings is 4. The molecular weight excluding hydrogens is 661 g/mol. The average Bonchev–Trinajstić information content (AvgIpc) is 3.78. The molecule has 4 aromatic carbocycles. The number of fused-ring (bicyclic) bond motifs is 5. The molecule has 0 saturated carbocycles. The van der Waals surface area contributed by atoms with E-state index >= 15 is 0 Å². The fraction of sp³-hybridized carbons (Fsp3) is 0.128. The predicted molar refractivity (Wildman–Crippen MR) is 182 cm³/mol. The van der Waals surface area contributed by atoms with Crippen LogP contribution in [0.1, 0.15) is 30.4 Å². The van der Waals surface area contributed by atoms with Gasteiger partial charge >= 0.3 is 0 Å². The Morgan fingerprint density at radius 3 is 2.37 bits per heavy atom. The Balaban J connectivity index is 0.00000378. The summed E-state index contributed by atoms with van der Waals surface area (Å²) in [6, 6.07) is 39.5. The summed E-state index contributed by atoms with van der Waals surface area (Å²) in [5.41, 5.74) is 6.87. The van der Waals surface area contributed by atoms with Gasteiger partial charge in [0.05, 0.1) is 11.0 Å². The molecule has 0 radical (unpaired) electrons. The zero-order valence-electron chi connectivity index (χ0n) is 28.5. The first-order chi connectivity index (χ1) is 23.1. The summed E-state index contributed by atoms with van der Waals surface area (Å²) >= 11 is 0. The summed E-state index contributed by atoms with van der Waals surface area (Å²) in [6.45, 7) is 5.86. The molecule has 0 bridgehead atoms. The van der Waals surface area contributed by atoms with Crippen molar-refractivity contribution in [1.82, 2.24) is 19.0 Å². The standard InChI is InChI=1S/C39H32N5O.Pd/c1-39(2,3)27-19-20-40-36(23-27)44-35-25-31(45-30-14-10-13-29(24-30)42-22-21-41(4)26-42)17-18-33(35)37-38(44)32-15-8-9-16-34(32)43(37)28-11-6-5-7-12-28;/h5-23,26H,1-4H3;/q-3;/i4D3;. The molecule has 0 spiro atoms. The molecule has 8 rings (SSSR count). The topological polar surface area (TPSA) is 38.5 Å². The van der Waals surface area contributed by atoms with Crippen molar-refractivity contribution in [3.63, 3.8) is 0 Å². The molecule has 0 unspecified atom stereocenters. The van der Waals surface area contributed by atoms with Gasteiger partial charge in [-0.2, -0.15) is 18.8 Å². The maximum atomic E-state index is 7.70. The van der Waals surface area contributed by atoms with Gasteiger partial charge in [0.25, 0.3) is 0 Å². The van der Waals surface area contributed by atoms with Crippen LogP contribution in [0.15, 0.2) is 116 Å². The number of ether oxygens (including phenoxy) is 1. The SMILES string of the molecule is [2H]C([2H])([2H])N1C=CN(c2[c-]c(Oc3[c-]c4c(cc3)c3c(c5ccccc5n3-c3ccccc3)n4-c3cc(C(C)(C)C)ccn3)ccc2)[CH-]1.[Pd]. The Labute approximate surface area is 287 Å². The molecule has 1 aliphatic heterocycles. The van der Waals surface area contributed by atoms with Crippen LogP contribution in [-0.2, 0) is 25.8 Å². The summed E-state index contributed by atoms with van der Waals surface area (Å²) < 4.78 is 34.0. The molecule has 0 aliphatic carbocycles. The Hall–Kier alpha value is -4.83. The number of aromatic nitrogens is 3. The summed E-state index contributed by atoms with van der Waals surface area (Å²) in [7, 11) is 0. The maximum absolute atomic E-state index is 7.70. The van der Waals surface area contributed by atoms with Crippen molar-refractivity contribution in [1.29, 1.82) is 0 Å². The zero-order chi connectivity index (χ0) is 33.2. The van der Waals surface area contributed by atoms with Gasteiger partial charge in [-0.15, -0.1) is 36.0 Å². The van der Waals surface area contributed by atoms with Gasteiger partial charge in [0.2, 0.25) is 0 Å². The first-order valence-corrected chi connectivity index (χ1v) is 14.9. The Morgan fingerprint density at radius 2 is 1.57 bits per heavy atom. The van der Waals surface area contributed by atoms with Crippen molar-refractivity contribution in [2.45, 2.75) is 26.2 Å². The van der Waals surface area contributed by atoms with E-state index in [1.165, 1.54) is 23.3 Å². The molecule has 1 aliphatic rings. The molecule has 0 N–H and O–H groups in total. The average molecular weight is 696 g/mol. The third-order valence-corrected chi connectivity index (χ3v) is 8.19. The third-order valence-electron chi connectivity index (χ3n) is 8.19.